The molecule has 0 aromatic carbocycles. The fourth-order valence-corrected chi connectivity index (χ4v) is 2.38. The minimum absolute atomic E-state index is 0.412. The first kappa shape index (κ1) is 13.9. The van der Waals surface area contributed by atoms with Gasteiger partial charge >= 0.3 is 7.60 Å². The van der Waals surface area contributed by atoms with Crippen LogP contribution in [0.25, 0.3) is 0 Å². The second-order valence-electron chi connectivity index (χ2n) is 2.90. The van der Waals surface area contributed by atoms with Gasteiger partial charge in [-0.15, -0.1) is 0 Å². The highest BCUT2D eigenvalue weighted by molar-refractivity contribution is 7.57. The molecule has 0 unspecified atom stereocenters. The molecular weight excluding hydrogens is 199 g/mol. The van der Waals surface area contributed by atoms with Crippen LogP contribution in [0.4, 0.5) is 0 Å². The summed E-state index contributed by atoms with van der Waals surface area (Å²) in [7, 11) is -2.94. The minimum Gasteiger partial charge on any atom is -0.306 e. The predicted molar refractivity (Wildman–Crippen MR) is 59.5 cm³/mol. The van der Waals surface area contributed by atoms with Gasteiger partial charge in [-0.3, -0.25) is 4.57 Å². The van der Waals surface area contributed by atoms with Gasteiger partial charge in [-0.25, -0.2) is 0 Å². The Bertz CT molecular complexity index is 192. The summed E-state index contributed by atoms with van der Waals surface area (Å²) >= 11 is 0. The van der Waals surface area contributed by atoms with Crippen molar-refractivity contribution in [2.45, 2.75) is 40.0 Å². The molecule has 0 amide bonds. The third kappa shape index (κ3) is 6.36. The maximum atomic E-state index is 11.8. The largest absolute Gasteiger partial charge is 0.353 e. The summed E-state index contributed by atoms with van der Waals surface area (Å²) in [5.74, 6) is 1.58. The van der Waals surface area contributed by atoms with Crippen LogP contribution in [0.15, 0.2) is 11.9 Å². The van der Waals surface area contributed by atoms with Gasteiger partial charge in [0.25, 0.3) is 0 Å². The topological polar surface area (TPSA) is 35.5 Å². The van der Waals surface area contributed by atoms with Crippen LogP contribution in [0.2, 0.25) is 0 Å². The molecule has 0 spiro atoms. The Labute approximate surface area is 87.0 Å². The standard InChI is InChI=1S/C10H21O3P/c1-4-7-8-9-10-14(11,12-5-2)13-6-3/h9-10H,4-8H2,1-3H3/b10-9+. The molecule has 0 bridgehead atoms. The van der Waals surface area contributed by atoms with Gasteiger partial charge in [0, 0.05) is 5.82 Å². The molecule has 0 aliphatic carbocycles. The molecule has 0 aliphatic rings. The predicted octanol–water partition coefficient (Wildman–Crippen LogP) is 3.96. The van der Waals surface area contributed by atoms with Crippen LogP contribution in [0, 0.1) is 0 Å². The Kier molecular flexibility index (Phi) is 8.15. The van der Waals surface area contributed by atoms with E-state index >= 15 is 0 Å². The van der Waals surface area contributed by atoms with Crippen molar-refractivity contribution in [1.82, 2.24) is 0 Å². The summed E-state index contributed by atoms with van der Waals surface area (Å²) in [5, 5.41) is 0. The van der Waals surface area contributed by atoms with E-state index in [1.807, 2.05) is 19.9 Å². The summed E-state index contributed by atoms with van der Waals surface area (Å²) in [6.07, 6.45) is 5.06. The molecule has 84 valence electrons. The molecule has 0 fully saturated rings. The van der Waals surface area contributed by atoms with E-state index in [0.717, 1.165) is 19.3 Å². The van der Waals surface area contributed by atoms with Crippen molar-refractivity contribution in [3.8, 4) is 0 Å². The lowest BCUT2D eigenvalue weighted by atomic mass is 10.2. The molecule has 0 aromatic heterocycles. The van der Waals surface area contributed by atoms with Crippen LogP contribution in [0.1, 0.15) is 40.0 Å². The van der Waals surface area contributed by atoms with E-state index in [9.17, 15) is 4.57 Å². The second-order valence-corrected chi connectivity index (χ2v) is 4.80. The van der Waals surface area contributed by atoms with E-state index in [-0.39, 0.29) is 0 Å². The fourth-order valence-electron chi connectivity index (χ4n) is 1.01. The maximum absolute atomic E-state index is 11.8. The van der Waals surface area contributed by atoms with Gasteiger partial charge in [0.2, 0.25) is 0 Å². The third-order valence-corrected chi connectivity index (χ3v) is 3.44. The zero-order chi connectivity index (χ0) is 10.9. The van der Waals surface area contributed by atoms with Crippen LogP contribution in [0.5, 0.6) is 0 Å². The highest BCUT2D eigenvalue weighted by Crippen LogP contribution is 2.49. The molecule has 4 heteroatoms. The summed E-state index contributed by atoms with van der Waals surface area (Å²) < 4.78 is 22.0. The van der Waals surface area contributed by atoms with E-state index in [1.54, 1.807) is 5.82 Å². The molecule has 3 nitrogen and oxygen atoms in total. The van der Waals surface area contributed by atoms with E-state index in [1.165, 1.54) is 0 Å². The van der Waals surface area contributed by atoms with Crippen molar-refractivity contribution < 1.29 is 13.6 Å². The van der Waals surface area contributed by atoms with Gasteiger partial charge < -0.3 is 9.05 Å². The molecule has 14 heavy (non-hydrogen) atoms. The Balaban J connectivity index is 4.07. The number of unbranched alkanes of at least 4 members (excludes halogenated alkanes) is 2. The molecule has 0 rings (SSSR count). The van der Waals surface area contributed by atoms with Crippen molar-refractivity contribution in [1.29, 1.82) is 0 Å². The first-order valence-corrected chi connectivity index (χ1v) is 6.86. The highest BCUT2D eigenvalue weighted by Gasteiger charge is 2.18. The van der Waals surface area contributed by atoms with Gasteiger partial charge in [0.1, 0.15) is 0 Å². The first-order valence-electron chi connectivity index (χ1n) is 5.25. The highest BCUT2D eigenvalue weighted by atomic mass is 31.2. The van der Waals surface area contributed by atoms with Gasteiger partial charge in [-0.1, -0.05) is 25.8 Å². The quantitative estimate of drug-likeness (QED) is 0.459. The van der Waals surface area contributed by atoms with E-state index in [0.29, 0.717) is 13.2 Å². The van der Waals surface area contributed by atoms with Crippen LogP contribution in [-0.2, 0) is 13.6 Å². The van der Waals surface area contributed by atoms with Crippen molar-refractivity contribution in [3.05, 3.63) is 11.9 Å². The Hall–Kier alpha value is -0.110. The van der Waals surface area contributed by atoms with Crippen LogP contribution < -0.4 is 0 Å². The summed E-state index contributed by atoms with van der Waals surface area (Å²) in [4.78, 5) is 0. The normalized spacial score (nSPS) is 12.5. The summed E-state index contributed by atoms with van der Waals surface area (Å²) in [5.41, 5.74) is 0. The molecule has 0 atom stereocenters. The first-order chi connectivity index (χ1) is 6.68. The van der Waals surface area contributed by atoms with Crippen molar-refractivity contribution in [2.24, 2.45) is 0 Å². The lowest BCUT2D eigenvalue weighted by Crippen LogP contribution is -1.92. The minimum atomic E-state index is -2.94. The zero-order valence-electron chi connectivity index (χ0n) is 9.36. The maximum Gasteiger partial charge on any atom is 0.353 e. The fraction of sp³-hybridized carbons (Fsp3) is 0.800. The lowest BCUT2D eigenvalue weighted by Gasteiger charge is -2.12. The Morgan fingerprint density at radius 3 is 2.14 bits per heavy atom. The molecule has 0 radical (unpaired) electrons. The number of hydrogen-bond donors (Lipinski definition) is 0. The summed E-state index contributed by atoms with van der Waals surface area (Å²) in [6.45, 7) is 6.57. The number of hydrogen-bond acceptors (Lipinski definition) is 3. The molecule has 0 heterocycles. The third-order valence-electron chi connectivity index (χ3n) is 1.63. The van der Waals surface area contributed by atoms with Gasteiger partial charge in [-0.2, -0.15) is 0 Å². The van der Waals surface area contributed by atoms with Crippen molar-refractivity contribution in [3.63, 3.8) is 0 Å². The molecule has 0 aromatic rings. The summed E-state index contributed by atoms with van der Waals surface area (Å²) in [6, 6.07) is 0. The molecule has 0 N–H and O–H groups in total. The number of rotatable bonds is 8. The van der Waals surface area contributed by atoms with Crippen LogP contribution >= 0.6 is 7.60 Å². The lowest BCUT2D eigenvalue weighted by molar-refractivity contribution is 0.229. The molecule has 0 saturated heterocycles. The Morgan fingerprint density at radius 2 is 1.71 bits per heavy atom. The van der Waals surface area contributed by atoms with Gasteiger partial charge in [0.05, 0.1) is 13.2 Å². The average Bonchev–Trinajstić information content (AvgIpc) is 2.13. The number of allylic oxidation sites excluding steroid dienone is 1. The van der Waals surface area contributed by atoms with Crippen LogP contribution in [0.3, 0.4) is 0 Å². The van der Waals surface area contributed by atoms with E-state index in [4.69, 9.17) is 9.05 Å². The van der Waals surface area contributed by atoms with Gasteiger partial charge in [0.15, 0.2) is 0 Å². The van der Waals surface area contributed by atoms with E-state index in [2.05, 4.69) is 6.92 Å². The monoisotopic (exact) mass is 220 g/mol. The SMILES string of the molecule is CCCC/C=C/P(=O)(OCC)OCC. The van der Waals surface area contributed by atoms with E-state index < -0.39 is 7.60 Å². The van der Waals surface area contributed by atoms with Crippen molar-refractivity contribution >= 4 is 7.60 Å². The smallest absolute Gasteiger partial charge is 0.306 e. The second kappa shape index (κ2) is 8.22. The zero-order valence-corrected chi connectivity index (χ0v) is 10.3. The van der Waals surface area contributed by atoms with Gasteiger partial charge in [-0.05, 0) is 20.3 Å². The average molecular weight is 220 g/mol. The van der Waals surface area contributed by atoms with Crippen LogP contribution in [-0.4, -0.2) is 13.2 Å². The molecule has 0 saturated carbocycles. The Morgan fingerprint density at radius 1 is 1.14 bits per heavy atom. The molecule has 0 aliphatic heterocycles. The molecular formula is C10H21O3P. The van der Waals surface area contributed by atoms with Crippen molar-refractivity contribution in [2.75, 3.05) is 13.2 Å².